The fraction of sp³-hybridized carbons (Fsp3) is 1.00. The van der Waals surface area contributed by atoms with E-state index >= 15 is 0 Å². The van der Waals surface area contributed by atoms with Crippen LogP contribution in [0.5, 0.6) is 0 Å². The number of alkyl halides is 13. The number of hydrogen-bond acceptors (Lipinski definition) is 2. The Morgan fingerprint density at radius 3 is 1.27 bits per heavy atom. The Bertz CT molecular complexity index is 565. The molecule has 1 atom stereocenters. The van der Waals surface area contributed by atoms with Crippen molar-refractivity contribution in [2.45, 2.75) is 48.8 Å². The molecule has 26 heavy (non-hydrogen) atoms. The summed E-state index contributed by atoms with van der Waals surface area (Å²) in [7, 11) is -6.11. The summed E-state index contributed by atoms with van der Waals surface area (Å²) in [6.45, 7) is -0.455. The van der Waals surface area contributed by atoms with Crippen LogP contribution in [0.2, 0.25) is 0 Å². The molecule has 0 aliphatic rings. The molecule has 0 aromatic heterocycles. The Labute approximate surface area is 134 Å². The van der Waals surface area contributed by atoms with Gasteiger partial charge in [-0.25, -0.2) is 4.57 Å². The number of hydrogen-bond donors (Lipinski definition) is 2. The normalized spacial score (nSPS) is 17.4. The highest BCUT2D eigenvalue weighted by molar-refractivity contribution is 7.46. The smallest absolute Gasteiger partial charge is 0.303 e. The first kappa shape index (κ1) is 25.2. The van der Waals surface area contributed by atoms with Crippen LogP contribution in [-0.2, 0) is 9.09 Å². The Morgan fingerprint density at radius 2 is 1.00 bits per heavy atom. The lowest BCUT2D eigenvalue weighted by Crippen LogP contribution is -2.71. The molecule has 0 heterocycles. The number of phosphoric ester groups is 1. The van der Waals surface area contributed by atoms with E-state index in [2.05, 4.69) is 4.52 Å². The largest absolute Gasteiger partial charge is 0.470 e. The molecule has 18 heteroatoms. The van der Waals surface area contributed by atoms with Crippen molar-refractivity contribution in [3.8, 4) is 0 Å². The van der Waals surface area contributed by atoms with Gasteiger partial charge >= 0.3 is 43.6 Å². The summed E-state index contributed by atoms with van der Waals surface area (Å²) in [5.74, 6) is -38.4. The van der Waals surface area contributed by atoms with Crippen molar-refractivity contribution in [2.24, 2.45) is 0 Å². The van der Waals surface area contributed by atoms with Crippen LogP contribution in [0.3, 0.4) is 0 Å². The third-order valence-corrected chi connectivity index (χ3v) is 3.35. The van der Waals surface area contributed by atoms with Crippen molar-refractivity contribution < 1.29 is 76.0 Å². The first-order valence-corrected chi connectivity index (χ1v) is 7.10. The quantitative estimate of drug-likeness (QED) is 0.456. The van der Waals surface area contributed by atoms with Gasteiger partial charge in [0.25, 0.3) is 0 Å². The Balaban J connectivity index is 6.28. The third-order valence-electron chi connectivity index (χ3n) is 2.76. The van der Waals surface area contributed by atoms with Crippen LogP contribution in [-0.4, -0.2) is 51.7 Å². The van der Waals surface area contributed by atoms with Crippen LogP contribution in [0, 0.1) is 0 Å². The average Bonchev–Trinajstić information content (AvgIpc) is 2.34. The molecular formula is C8H6F13O4P. The highest BCUT2D eigenvalue weighted by Crippen LogP contribution is 2.61. The second-order valence-electron chi connectivity index (χ2n) is 4.66. The SMILES string of the molecule is CC(OP(=O)(O)O)C(F)(F)C(F)(F)C(F)(F)C(F)(F)C(F)(F)C(F)(F)F. The zero-order chi connectivity index (χ0) is 21.8. The Hall–Kier alpha value is -0.800. The van der Waals surface area contributed by atoms with Crippen molar-refractivity contribution in [3.63, 3.8) is 0 Å². The van der Waals surface area contributed by atoms with Gasteiger partial charge in [0.2, 0.25) is 0 Å². The van der Waals surface area contributed by atoms with Gasteiger partial charge < -0.3 is 9.79 Å². The van der Waals surface area contributed by atoms with E-state index in [0.29, 0.717) is 0 Å². The maximum atomic E-state index is 13.3. The maximum absolute atomic E-state index is 13.3. The van der Waals surface area contributed by atoms with Gasteiger partial charge in [-0.3, -0.25) is 4.52 Å². The van der Waals surface area contributed by atoms with E-state index < -0.39 is 56.6 Å². The number of halogens is 13. The summed E-state index contributed by atoms with van der Waals surface area (Å²) in [4.78, 5) is 16.2. The second-order valence-corrected chi connectivity index (χ2v) is 5.85. The molecule has 0 amide bonds. The van der Waals surface area contributed by atoms with Crippen LogP contribution < -0.4 is 0 Å². The molecule has 158 valence electrons. The highest BCUT2D eigenvalue weighted by atomic mass is 31.2. The summed E-state index contributed by atoms with van der Waals surface area (Å²) in [6.07, 6.45) is -11.6. The molecule has 0 saturated carbocycles. The van der Waals surface area contributed by atoms with E-state index in [9.17, 15) is 61.6 Å². The van der Waals surface area contributed by atoms with Crippen molar-refractivity contribution >= 4 is 7.82 Å². The number of rotatable bonds is 7. The van der Waals surface area contributed by atoms with Gasteiger partial charge in [-0.05, 0) is 6.92 Å². The zero-order valence-corrected chi connectivity index (χ0v) is 12.5. The van der Waals surface area contributed by atoms with E-state index in [1.807, 2.05) is 0 Å². The van der Waals surface area contributed by atoms with Crippen molar-refractivity contribution in [1.29, 1.82) is 0 Å². The molecule has 0 aromatic rings. The van der Waals surface area contributed by atoms with Gasteiger partial charge in [0.05, 0.1) is 0 Å². The first-order valence-electron chi connectivity index (χ1n) is 5.57. The van der Waals surface area contributed by atoms with Gasteiger partial charge in [-0.1, -0.05) is 0 Å². The van der Waals surface area contributed by atoms with Gasteiger partial charge in [0, 0.05) is 0 Å². The molecule has 0 saturated heterocycles. The molecule has 1 unspecified atom stereocenters. The molecule has 0 rings (SSSR count). The molecule has 0 aliphatic heterocycles. The number of phosphoric acid groups is 1. The minimum absolute atomic E-state index is 0.455. The van der Waals surface area contributed by atoms with Crippen molar-refractivity contribution in [1.82, 2.24) is 0 Å². The van der Waals surface area contributed by atoms with Crippen molar-refractivity contribution in [2.75, 3.05) is 0 Å². The topological polar surface area (TPSA) is 66.8 Å². The van der Waals surface area contributed by atoms with E-state index in [4.69, 9.17) is 9.79 Å². The average molecular weight is 444 g/mol. The van der Waals surface area contributed by atoms with Gasteiger partial charge in [0.15, 0.2) is 0 Å². The fourth-order valence-corrected chi connectivity index (χ4v) is 1.85. The molecule has 0 fully saturated rings. The summed E-state index contributed by atoms with van der Waals surface area (Å²) in [5.41, 5.74) is 0. The molecule has 0 spiro atoms. The van der Waals surface area contributed by atoms with Gasteiger partial charge in [-0.2, -0.15) is 57.1 Å². The lowest BCUT2D eigenvalue weighted by molar-refractivity contribution is -0.443. The molecule has 0 aromatic carbocycles. The van der Waals surface area contributed by atoms with Crippen LogP contribution >= 0.6 is 7.82 Å². The summed E-state index contributed by atoms with van der Waals surface area (Å²) < 4.78 is 178. The maximum Gasteiger partial charge on any atom is 0.470 e. The second kappa shape index (κ2) is 6.38. The molecule has 0 aliphatic carbocycles. The predicted molar refractivity (Wildman–Crippen MR) is 53.4 cm³/mol. The van der Waals surface area contributed by atoms with E-state index in [1.165, 1.54) is 0 Å². The van der Waals surface area contributed by atoms with Crippen LogP contribution in [0.25, 0.3) is 0 Å². The minimum Gasteiger partial charge on any atom is -0.303 e. The summed E-state index contributed by atoms with van der Waals surface area (Å²) in [5, 5.41) is 0. The third kappa shape index (κ3) is 3.75. The van der Waals surface area contributed by atoms with Gasteiger partial charge in [-0.15, -0.1) is 0 Å². The fourth-order valence-electron chi connectivity index (χ4n) is 1.31. The molecular weight excluding hydrogens is 438 g/mol. The minimum atomic E-state index is -8.09. The van der Waals surface area contributed by atoms with Gasteiger partial charge in [0.1, 0.15) is 6.10 Å². The standard InChI is InChI=1S/C8H6F13O4P/c1-2(25-26(22,23)24)3(9,10)4(11,12)5(13,14)6(15,16)7(17,18)8(19,20)21/h2H,1H3,(H2,22,23,24). The lowest BCUT2D eigenvalue weighted by atomic mass is 9.92. The van der Waals surface area contributed by atoms with E-state index in [-0.39, 0.29) is 0 Å². The Kier molecular flexibility index (Phi) is 6.18. The highest BCUT2D eigenvalue weighted by Gasteiger charge is 2.91. The van der Waals surface area contributed by atoms with E-state index in [0.717, 1.165) is 0 Å². The molecule has 4 nitrogen and oxygen atoms in total. The van der Waals surface area contributed by atoms with Crippen LogP contribution in [0.15, 0.2) is 0 Å². The lowest BCUT2D eigenvalue weighted by Gasteiger charge is -2.40. The predicted octanol–water partition coefficient (Wildman–Crippen LogP) is 4.22. The molecule has 2 N–H and O–H groups in total. The molecule has 0 radical (unpaired) electrons. The molecule has 0 bridgehead atoms. The van der Waals surface area contributed by atoms with Crippen molar-refractivity contribution in [3.05, 3.63) is 0 Å². The zero-order valence-electron chi connectivity index (χ0n) is 11.6. The monoisotopic (exact) mass is 444 g/mol. The van der Waals surface area contributed by atoms with E-state index in [1.54, 1.807) is 0 Å². The Morgan fingerprint density at radius 1 is 0.692 bits per heavy atom. The van der Waals surface area contributed by atoms with Crippen LogP contribution in [0.4, 0.5) is 57.1 Å². The summed E-state index contributed by atoms with van der Waals surface area (Å²) in [6, 6.07) is 0. The summed E-state index contributed by atoms with van der Waals surface area (Å²) >= 11 is 0. The first-order chi connectivity index (χ1) is 10.9. The van der Waals surface area contributed by atoms with Crippen LogP contribution in [0.1, 0.15) is 6.92 Å².